The van der Waals surface area contributed by atoms with Gasteiger partial charge in [-0.25, -0.2) is 4.79 Å². The maximum Gasteiger partial charge on any atom is 0.408 e. The lowest BCUT2D eigenvalue weighted by Crippen LogP contribution is -2.34. The molecule has 4 nitrogen and oxygen atoms in total. The van der Waals surface area contributed by atoms with Crippen LogP contribution in [0.25, 0.3) is 0 Å². The molecule has 2 aromatic rings. The number of carbonyl (C=O) groups is 1. The average Bonchev–Trinajstić information content (AvgIpc) is 2.55. The van der Waals surface area contributed by atoms with E-state index in [1.54, 1.807) is 7.11 Å². The molecule has 0 bridgehead atoms. The minimum absolute atomic E-state index is 0.415. The number of hydrogen-bond acceptors (Lipinski definition) is 3. The lowest BCUT2D eigenvalue weighted by atomic mass is 9.98. The summed E-state index contributed by atoms with van der Waals surface area (Å²) in [6.07, 6.45) is 0.362. The minimum atomic E-state index is -0.705. The number of alkyl carbamates (subject to hydrolysis) is 1. The summed E-state index contributed by atoms with van der Waals surface area (Å²) in [5, 5.41) is 2.79. The Morgan fingerprint density at radius 3 is 2.30 bits per heavy atom. The van der Waals surface area contributed by atoms with Gasteiger partial charge < -0.3 is 14.8 Å². The molecule has 0 aromatic heterocycles. The van der Waals surface area contributed by atoms with Crippen molar-refractivity contribution in [3.8, 4) is 5.75 Å². The fourth-order valence-electron chi connectivity index (χ4n) is 2.27. The predicted octanol–water partition coefficient (Wildman–Crippen LogP) is 3.90. The van der Waals surface area contributed by atoms with E-state index in [1.165, 1.54) is 5.56 Å². The van der Waals surface area contributed by atoms with Gasteiger partial charge in [-0.05, 0) is 43.5 Å². The van der Waals surface area contributed by atoms with Crippen LogP contribution in [0.15, 0.2) is 54.6 Å². The lowest BCUT2D eigenvalue weighted by Gasteiger charge is -2.26. The Labute approximate surface area is 137 Å². The summed E-state index contributed by atoms with van der Waals surface area (Å²) >= 11 is 0. The molecule has 2 rings (SSSR count). The van der Waals surface area contributed by atoms with E-state index in [1.807, 2.05) is 68.4 Å². The van der Waals surface area contributed by atoms with Gasteiger partial charge in [0, 0.05) is 6.54 Å². The van der Waals surface area contributed by atoms with Crippen LogP contribution < -0.4 is 10.1 Å². The van der Waals surface area contributed by atoms with E-state index >= 15 is 0 Å². The van der Waals surface area contributed by atoms with Crippen LogP contribution in [-0.4, -0.2) is 19.7 Å². The number of carbonyl (C=O) groups excluding carboxylic acids is 1. The van der Waals surface area contributed by atoms with Gasteiger partial charge in [-0.2, -0.15) is 0 Å². The van der Waals surface area contributed by atoms with Gasteiger partial charge in [-0.3, -0.25) is 0 Å². The molecule has 1 N–H and O–H groups in total. The van der Waals surface area contributed by atoms with Crippen LogP contribution in [0.3, 0.4) is 0 Å². The fourth-order valence-corrected chi connectivity index (χ4v) is 2.27. The second-order valence-corrected chi connectivity index (χ2v) is 5.79. The van der Waals surface area contributed by atoms with E-state index in [4.69, 9.17) is 9.47 Å². The number of rotatable bonds is 6. The summed E-state index contributed by atoms with van der Waals surface area (Å²) in [6.45, 7) is 4.28. The van der Waals surface area contributed by atoms with E-state index in [2.05, 4.69) is 5.32 Å². The van der Waals surface area contributed by atoms with Crippen molar-refractivity contribution in [2.45, 2.75) is 25.9 Å². The average molecular weight is 313 g/mol. The van der Waals surface area contributed by atoms with Gasteiger partial charge in [0.25, 0.3) is 0 Å². The summed E-state index contributed by atoms with van der Waals surface area (Å²) in [4.78, 5) is 12.0. The zero-order valence-corrected chi connectivity index (χ0v) is 13.8. The highest BCUT2D eigenvalue weighted by Crippen LogP contribution is 2.26. The molecule has 0 saturated heterocycles. The van der Waals surface area contributed by atoms with E-state index in [0.717, 1.165) is 17.7 Å². The maximum absolute atomic E-state index is 12.0. The Bertz CT molecular complexity index is 621. The predicted molar refractivity (Wildman–Crippen MR) is 90.6 cm³/mol. The van der Waals surface area contributed by atoms with Crippen LogP contribution in [0.2, 0.25) is 0 Å². The third kappa shape index (κ3) is 5.02. The molecule has 0 aliphatic carbocycles. The van der Waals surface area contributed by atoms with Crippen molar-refractivity contribution in [1.29, 1.82) is 0 Å². The van der Waals surface area contributed by atoms with Gasteiger partial charge in [-0.1, -0.05) is 42.5 Å². The molecule has 0 atom stereocenters. The fraction of sp³-hybridized carbons (Fsp3) is 0.316. The maximum atomic E-state index is 12.0. The third-order valence-corrected chi connectivity index (χ3v) is 3.66. The van der Waals surface area contributed by atoms with Crippen molar-refractivity contribution in [3.05, 3.63) is 65.7 Å². The molecule has 4 heteroatoms. The molecule has 0 saturated carbocycles. The van der Waals surface area contributed by atoms with Crippen LogP contribution in [-0.2, 0) is 16.8 Å². The van der Waals surface area contributed by atoms with Crippen molar-refractivity contribution in [1.82, 2.24) is 5.32 Å². The second-order valence-electron chi connectivity index (χ2n) is 5.79. The first-order chi connectivity index (χ1) is 11.0. The van der Waals surface area contributed by atoms with Gasteiger partial charge in [-0.15, -0.1) is 0 Å². The topological polar surface area (TPSA) is 47.6 Å². The van der Waals surface area contributed by atoms with Crippen LogP contribution in [0.4, 0.5) is 4.79 Å². The second kappa shape index (κ2) is 7.68. The highest BCUT2D eigenvalue weighted by atomic mass is 16.6. The van der Waals surface area contributed by atoms with Gasteiger partial charge in [0.2, 0.25) is 0 Å². The molecule has 2 aromatic carbocycles. The number of methoxy groups -OCH3 is 1. The largest absolute Gasteiger partial charge is 0.497 e. The molecule has 0 aliphatic rings. The van der Waals surface area contributed by atoms with Gasteiger partial charge in [0.05, 0.1) is 7.11 Å². The summed E-state index contributed by atoms with van der Waals surface area (Å²) < 4.78 is 10.7. The van der Waals surface area contributed by atoms with Crippen LogP contribution in [0.1, 0.15) is 25.0 Å². The lowest BCUT2D eigenvalue weighted by molar-refractivity contribution is 0.0365. The first-order valence-corrected chi connectivity index (χ1v) is 7.66. The number of amides is 1. The van der Waals surface area contributed by atoms with Crippen molar-refractivity contribution in [2.24, 2.45) is 0 Å². The molecule has 122 valence electrons. The summed E-state index contributed by atoms with van der Waals surface area (Å²) in [6, 6.07) is 17.5. The molecule has 1 amide bonds. The van der Waals surface area contributed by atoms with Crippen LogP contribution in [0.5, 0.6) is 5.75 Å². The highest BCUT2D eigenvalue weighted by molar-refractivity contribution is 5.68. The number of ether oxygens (including phenoxy) is 2. The molecule has 0 spiro atoms. The third-order valence-electron chi connectivity index (χ3n) is 3.66. The van der Waals surface area contributed by atoms with E-state index < -0.39 is 11.7 Å². The number of hydrogen-bond donors (Lipinski definition) is 1. The molecule has 0 radical (unpaired) electrons. The summed E-state index contributed by atoms with van der Waals surface area (Å²) in [5.74, 6) is 0.775. The molecule has 23 heavy (non-hydrogen) atoms. The Balaban J connectivity index is 1.85. The molecular weight excluding hydrogens is 290 g/mol. The molecular formula is C19H23NO3. The smallest absolute Gasteiger partial charge is 0.408 e. The molecule has 0 aliphatic heterocycles. The molecule has 0 heterocycles. The normalized spacial score (nSPS) is 10.9. The standard InChI is InChI=1S/C19H23NO3/c1-19(2,16-9-11-17(22-3)12-10-16)23-18(21)20-14-13-15-7-5-4-6-8-15/h4-12H,13-14H2,1-3H3,(H,20,21). The van der Waals surface area contributed by atoms with Crippen molar-refractivity contribution in [2.75, 3.05) is 13.7 Å². The Kier molecular flexibility index (Phi) is 5.63. The number of nitrogens with one attached hydrogen (secondary N) is 1. The monoisotopic (exact) mass is 313 g/mol. The van der Waals surface area contributed by atoms with E-state index in [-0.39, 0.29) is 0 Å². The van der Waals surface area contributed by atoms with Crippen LogP contribution >= 0.6 is 0 Å². The Morgan fingerprint density at radius 1 is 1.04 bits per heavy atom. The van der Waals surface area contributed by atoms with Gasteiger partial charge in [0.15, 0.2) is 0 Å². The first-order valence-electron chi connectivity index (χ1n) is 7.66. The summed E-state index contributed by atoms with van der Waals surface area (Å²) in [7, 11) is 1.62. The SMILES string of the molecule is COc1ccc(C(C)(C)OC(=O)NCCc2ccccc2)cc1. The minimum Gasteiger partial charge on any atom is -0.497 e. The number of benzene rings is 2. The van der Waals surface area contributed by atoms with Crippen molar-refractivity contribution < 1.29 is 14.3 Å². The zero-order valence-electron chi connectivity index (χ0n) is 13.8. The first kappa shape index (κ1) is 16.9. The van der Waals surface area contributed by atoms with Crippen LogP contribution in [0, 0.1) is 0 Å². The Hall–Kier alpha value is -2.49. The van der Waals surface area contributed by atoms with E-state index in [9.17, 15) is 4.79 Å². The van der Waals surface area contributed by atoms with Gasteiger partial charge >= 0.3 is 6.09 Å². The van der Waals surface area contributed by atoms with Gasteiger partial charge in [0.1, 0.15) is 11.4 Å². The highest BCUT2D eigenvalue weighted by Gasteiger charge is 2.25. The van der Waals surface area contributed by atoms with E-state index in [0.29, 0.717) is 6.54 Å². The zero-order chi connectivity index (χ0) is 16.7. The van der Waals surface area contributed by atoms with Crippen molar-refractivity contribution in [3.63, 3.8) is 0 Å². The quantitative estimate of drug-likeness (QED) is 0.880. The molecule has 0 unspecified atom stereocenters. The summed E-state index contributed by atoms with van der Waals surface area (Å²) in [5.41, 5.74) is 1.39. The Morgan fingerprint density at radius 2 is 1.70 bits per heavy atom. The van der Waals surface area contributed by atoms with Crippen molar-refractivity contribution >= 4 is 6.09 Å². The molecule has 0 fully saturated rings.